The summed E-state index contributed by atoms with van der Waals surface area (Å²) in [6.45, 7) is 0. The van der Waals surface area contributed by atoms with Gasteiger partial charge < -0.3 is 0 Å². The quantitative estimate of drug-likeness (QED) is 0.110. The van der Waals surface area contributed by atoms with Crippen LogP contribution in [0.3, 0.4) is 0 Å². The molecule has 0 unspecified atom stereocenters. The normalized spacial score (nSPS) is 11.5. The summed E-state index contributed by atoms with van der Waals surface area (Å²) in [6, 6.07) is 45.7. The maximum absolute atomic E-state index is 14.8. The Bertz CT molecular complexity index is 4040. The molecule has 0 saturated carbocycles. The molecule has 8 heterocycles. The molecule has 0 aliphatic heterocycles. The summed E-state index contributed by atoms with van der Waals surface area (Å²) < 4.78 is 59.4. The topological polar surface area (TPSA) is 103 Å². The van der Waals surface area contributed by atoms with Gasteiger partial charge in [0.2, 0.25) is 0 Å². The summed E-state index contributed by atoms with van der Waals surface area (Å²) in [6.07, 6.45) is 13.9. The van der Waals surface area contributed by atoms with Gasteiger partial charge in [0.15, 0.2) is 0 Å². The lowest BCUT2D eigenvalue weighted by Gasteiger charge is -2.16. The third kappa shape index (κ3) is 8.00. The van der Waals surface area contributed by atoms with Gasteiger partial charge in [0.05, 0.1) is 44.8 Å². The van der Waals surface area contributed by atoms with Gasteiger partial charge in [-0.1, -0.05) is 66.7 Å². The predicted molar refractivity (Wildman–Crippen MR) is 282 cm³/mol. The molecule has 13 aromatic rings. The van der Waals surface area contributed by atoms with Crippen molar-refractivity contribution in [1.29, 1.82) is 0 Å². The first-order valence-electron chi connectivity index (χ1n) is 23.5. The van der Waals surface area contributed by atoms with E-state index in [2.05, 4.69) is 19.9 Å². The van der Waals surface area contributed by atoms with Gasteiger partial charge in [0, 0.05) is 128 Å². The summed E-state index contributed by atoms with van der Waals surface area (Å²) in [5.74, 6) is -2.89. The average molecular weight is 967 g/mol. The first kappa shape index (κ1) is 44.0. The summed E-state index contributed by atoms with van der Waals surface area (Å²) in [5.41, 5.74) is 12.7. The largest absolute Gasteiger partial charge is 0.264 e. The van der Waals surface area contributed by atoms with Gasteiger partial charge in [0.25, 0.3) is 0 Å². The molecular formula is C62H34F4N8. The maximum Gasteiger partial charge on any atom is 0.126 e. The molecule has 0 spiro atoms. The number of hydrogen-bond acceptors (Lipinski definition) is 8. The number of rotatable bonds is 8. The fourth-order valence-corrected chi connectivity index (χ4v) is 9.83. The van der Waals surface area contributed by atoms with E-state index in [1.54, 1.807) is 49.6 Å². The lowest BCUT2D eigenvalue weighted by Crippen LogP contribution is -1.97. The van der Waals surface area contributed by atoms with Crippen LogP contribution in [-0.4, -0.2) is 39.9 Å². The van der Waals surface area contributed by atoms with Crippen LogP contribution in [0, 0.1) is 23.3 Å². The molecule has 12 heteroatoms. The molecule has 74 heavy (non-hydrogen) atoms. The monoisotopic (exact) mass is 966 g/mol. The molecule has 13 rings (SSSR count). The second kappa shape index (κ2) is 18.0. The number of benzene rings is 5. The van der Waals surface area contributed by atoms with Gasteiger partial charge in [-0.05, 0) is 101 Å². The minimum absolute atomic E-state index is 0.270. The minimum atomic E-state index is -0.723. The van der Waals surface area contributed by atoms with Crippen molar-refractivity contribution in [2.24, 2.45) is 0 Å². The van der Waals surface area contributed by atoms with E-state index < -0.39 is 23.3 Å². The van der Waals surface area contributed by atoms with E-state index in [1.165, 1.54) is 24.3 Å². The van der Waals surface area contributed by atoms with Gasteiger partial charge in [-0.2, -0.15) is 0 Å². The lowest BCUT2D eigenvalue weighted by molar-refractivity contribution is 0.583. The van der Waals surface area contributed by atoms with E-state index in [0.29, 0.717) is 44.8 Å². The first-order chi connectivity index (χ1) is 36.3. The van der Waals surface area contributed by atoms with Gasteiger partial charge in [-0.3, -0.25) is 19.9 Å². The van der Waals surface area contributed by atoms with Crippen molar-refractivity contribution < 1.29 is 17.6 Å². The second-order valence-electron chi connectivity index (χ2n) is 17.8. The third-order valence-corrected chi connectivity index (χ3v) is 13.2. The summed E-state index contributed by atoms with van der Waals surface area (Å²) in [7, 11) is 0. The van der Waals surface area contributed by atoms with Crippen LogP contribution in [0.15, 0.2) is 207 Å². The third-order valence-electron chi connectivity index (χ3n) is 13.2. The molecule has 0 radical (unpaired) electrons. The van der Waals surface area contributed by atoms with Crippen LogP contribution in [0.25, 0.3) is 133 Å². The molecule has 5 aromatic carbocycles. The number of nitrogens with zero attached hydrogens (tertiary/aromatic N) is 8. The van der Waals surface area contributed by atoms with E-state index >= 15 is 0 Å². The van der Waals surface area contributed by atoms with Crippen LogP contribution in [0.2, 0.25) is 0 Å². The Morgan fingerprint density at radius 3 is 0.784 bits per heavy atom. The van der Waals surface area contributed by atoms with Gasteiger partial charge in [-0.25, -0.2) is 37.5 Å². The highest BCUT2D eigenvalue weighted by molar-refractivity contribution is 6.15. The molecular weight excluding hydrogens is 933 g/mol. The second-order valence-corrected chi connectivity index (χ2v) is 17.8. The van der Waals surface area contributed by atoms with Crippen molar-refractivity contribution in [2.75, 3.05) is 0 Å². The van der Waals surface area contributed by atoms with E-state index in [9.17, 15) is 17.6 Å². The van der Waals surface area contributed by atoms with Crippen molar-refractivity contribution in [2.45, 2.75) is 0 Å². The Kier molecular flexibility index (Phi) is 10.7. The van der Waals surface area contributed by atoms with Crippen molar-refractivity contribution in [3.8, 4) is 89.5 Å². The Labute approximate surface area is 419 Å². The number of hydrogen-bond donors (Lipinski definition) is 0. The standard InChI is InChI=1S/C62H34F4N8/c63-43-21-41(22-44(64)25-43)57-29-53(39-10-4-18-69-33-39)49-14-12-47-51(37-8-2-16-67-31-37)27-55(71-59(47)61(49)73-57)35-6-1-7-36(20-35)56-28-52(38-9-3-17-68-32-38)48-13-15-50-54(40-11-5-19-70-34-40)30-58(74-62(50)60(48)72-56)42-23-45(65)26-46(66)24-42/h1-34H. The van der Waals surface area contributed by atoms with Gasteiger partial charge in [0.1, 0.15) is 23.3 Å². The Hall–Kier alpha value is -9.94. The van der Waals surface area contributed by atoms with Crippen LogP contribution < -0.4 is 0 Å². The fraction of sp³-hybridized carbons (Fsp3) is 0. The molecule has 350 valence electrons. The first-order valence-corrected chi connectivity index (χ1v) is 23.5. The summed E-state index contributed by atoms with van der Waals surface area (Å²) in [4.78, 5) is 38.8. The summed E-state index contributed by atoms with van der Waals surface area (Å²) >= 11 is 0. The van der Waals surface area contributed by atoms with Gasteiger partial charge in [-0.15, -0.1) is 0 Å². The number of aromatic nitrogens is 8. The highest BCUT2D eigenvalue weighted by Gasteiger charge is 2.21. The lowest BCUT2D eigenvalue weighted by atomic mass is 9.93. The Morgan fingerprint density at radius 2 is 0.514 bits per heavy atom. The zero-order chi connectivity index (χ0) is 49.9. The molecule has 0 aliphatic rings. The molecule has 8 aromatic heterocycles. The zero-order valence-corrected chi connectivity index (χ0v) is 38.7. The molecule has 8 nitrogen and oxygen atoms in total. The highest BCUT2D eigenvalue weighted by Crippen LogP contribution is 2.42. The Balaban J connectivity index is 1.06. The van der Waals surface area contributed by atoms with Crippen molar-refractivity contribution >= 4 is 43.6 Å². The number of halogens is 4. The molecule has 0 N–H and O–H groups in total. The minimum Gasteiger partial charge on any atom is -0.264 e. The van der Waals surface area contributed by atoms with Crippen molar-refractivity contribution in [1.82, 2.24) is 39.9 Å². The molecule has 0 amide bonds. The molecule has 0 atom stereocenters. The fourth-order valence-electron chi connectivity index (χ4n) is 9.83. The zero-order valence-electron chi connectivity index (χ0n) is 38.7. The van der Waals surface area contributed by atoms with E-state index in [-0.39, 0.29) is 11.1 Å². The maximum atomic E-state index is 14.8. The van der Waals surface area contributed by atoms with Crippen LogP contribution in [-0.2, 0) is 0 Å². The Morgan fingerprint density at radius 1 is 0.243 bits per heavy atom. The molecule has 0 aliphatic carbocycles. The van der Waals surface area contributed by atoms with Crippen LogP contribution in [0.4, 0.5) is 17.6 Å². The molecule has 0 saturated heterocycles. The molecule has 0 bridgehead atoms. The van der Waals surface area contributed by atoms with E-state index in [4.69, 9.17) is 19.9 Å². The van der Waals surface area contributed by atoms with Crippen LogP contribution in [0.5, 0.6) is 0 Å². The van der Waals surface area contributed by atoms with Gasteiger partial charge >= 0.3 is 0 Å². The SMILES string of the molecule is Fc1cc(F)cc(-c2cc(-c3cccnc3)c3ccc4c(-c5cccnc5)cc(-c5cccc(-c6cc(-c7cccnc7)c7ccc8c(-c9cccnc9)cc(-c9cc(F)cc(F)c9)nc8c7n6)c5)nc4c3n2)c1. The van der Waals surface area contributed by atoms with E-state index in [1.807, 2.05) is 121 Å². The van der Waals surface area contributed by atoms with Crippen LogP contribution >= 0.6 is 0 Å². The van der Waals surface area contributed by atoms with Crippen molar-refractivity contribution in [3.05, 3.63) is 231 Å². The van der Waals surface area contributed by atoms with Crippen LogP contribution in [0.1, 0.15) is 0 Å². The van der Waals surface area contributed by atoms with Crippen molar-refractivity contribution in [3.63, 3.8) is 0 Å². The van der Waals surface area contributed by atoms with E-state index in [0.717, 1.165) is 89.3 Å². The smallest absolute Gasteiger partial charge is 0.126 e. The predicted octanol–water partition coefficient (Wildman–Crippen LogP) is 15.4. The average Bonchev–Trinajstić information content (AvgIpc) is 3.44. The molecule has 0 fully saturated rings. The number of fused-ring (bicyclic) bond motifs is 6. The highest BCUT2D eigenvalue weighted by atomic mass is 19.1. The number of pyridine rings is 8. The summed E-state index contributed by atoms with van der Waals surface area (Å²) in [5, 5.41) is 3.12.